The smallest absolute Gasteiger partial charge is 0.308 e. The molecule has 1 saturated heterocycles. The monoisotopic (exact) mass is 225 g/mol. The summed E-state index contributed by atoms with van der Waals surface area (Å²) in [6, 6.07) is 1.95. The minimum Gasteiger partial charge on any atom is -0.481 e. The van der Waals surface area contributed by atoms with E-state index in [1.165, 1.54) is 0 Å². The molecule has 1 amide bonds. The molecule has 0 radical (unpaired) electrons. The first kappa shape index (κ1) is 10.2. The molecule has 0 aliphatic carbocycles. The van der Waals surface area contributed by atoms with Crippen molar-refractivity contribution < 1.29 is 14.7 Å². The SMILES string of the molecule is O=C(O)C1CC(=O)N(Cc2ccsc2)C1. The van der Waals surface area contributed by atoms with Crippen LogP contribution in [-0.2, 0) is 16.1 Å². The van der Waals surface area contributed by atoms with E-state index in [2.05, 4.69) is 0 Å². The summed E-state index contributed by atoms with van der Waals surface area (Å²) in [5.74, 6) is -1.47. The van der Waals surface area contributed by atoms with E-state index in [1.54, 1.807) is 16.2 Å². The van der Waals surface area contributed by atoms with E-state index in [1.807, 2.05) is 16.8 Å². The quantitative estimate of drug-likeness (QED) is 0.840. The van der Waals surface area contributed by atoms with Crippen LogP contribution in [-0.4, -0.2) is 28.4 Å². The van der Waals surface area contributed by atoms with Crippen LogP contribution in [0.25, 0.3) is 0 Å². The Labute approximate surface area is 91.1 Å². The zero-order valence-corrected chi connectivity index (χ0v) is 8.87. The van der Waals surface area contributed by atoms with Gasteiger partial charge < -0.3 is 10.0 Å². The van der Waals surface area contributed by atoms with Crippen molar-refractivity contribution in [2.24, 2.45) is 5.92 Å². The van der Waals surface area contributed by atoms with Crippen molar-refractivity contribution in [2.75, 3.05) is 6.54 Å². The zero-order chi connectivity index (χ0) is 10.8. The Hall–Kier alpha value is -1.36. The molecule has 1 aliphatic heterocycles. The molecular formula is C10H11NO3S. The molecule has 5 heteroatoms. The van der Waals surface area contributed by atoms with Gasteiger partial charge in [0.05, 0.1) is 5.92 Å². The molecule has 2 rings (SSSR count). The number of carbonyl (C=O) groups excluding carboxylic acids is 1. The van der Waals surface area contributed by atoms with Gasteiger partial charge in [0.2, 0.25) is 5.91 Å². The van der Waals surface area contributed by atoms with Gasteiger partial charge in [0.1, 0.15) is 0 Å². The summed E-state index contributed by atoms with van der Waals surface area (Å²) in [7, 11) is 0. The summed E-state index contributed by atoms with van der Waals surface area (Å²) in [6.07, 6.45) is 0.138. The Morgan fingerprint density at radius 3 is 3.00 bits per heavy atom. The molecule has 1 aliphatic rings. The molecular weight excluding hydrogens is 214 g/mol. The first-order valence-electron chi connectivity index (χ1n) is 4.68. The second-order valence-electron chi connectivity index (χ2n) is 3.65. The van der Waals surface area contributed by atoms with Gasteiger partial charge in [-0.25, -0.2) is 0 Å². The Morgan fingerprint density at radius 2 is 2.47 bits per heavy atom. The lowest BCUT2D eigenvalue weighted by molar-refractivity contribution is -0.141. The van der Waals surface area contributed by atoms with E-state index in [9.17, 15) is 9.59 Å². The van der Waals surface area contributed by atoms with Crippen molar-refractivity contribution in [3.05, 3.63) is 22.4 Å². The fraction of sp³-hybridized carbons (Fsp3) is 0.400. The fourth-order valence-electron chi connectivity index (χ4n) is 1.69. The number of likely N-dealkylation sites (tertiary alicyclic amines) is 1. The van der Waals surface area contributed by atoms with E-state index in [-0.39, 0.29) is 12.3 Å². The van der Waals surface area contributed by atoms with Crippen LogP contribution in [0.4, 0.5) is 0 Å². The number of aliphatic carboxylic acids is 1. The Kier molecular flexibility index (Phi) is 2.73. The number of thiophene rings is 1. The average Bonchev–Trinajstić information content (AvgIpc) is 2.77. The largest absolute Gasteiger partial charge is 0.481 e. The normalized spacial score (nSPS) is 20.9. The molecule has 1 aromatic heterocycles. The van der Waals surface area contributed by atoms with Crippen molar-refractivity contribution in [1.82, 2.24) is 4.90 Å². The van der Waals surface area contributed by atoms with Crippen LogP contribution in [0.3, 0.4) is 0 Å². The minimum absolute atomic E-state index is 0.0615. The molecule has 4 nitrogen and oxygen atoms in total. The number of carboxylic acids is 1. The lowest BCUT2D eigenvalue weighted by Gasteiger charge is -2.14. The highest BCUT2D eigenvalue weighted by Crippen LogP contribution is 2.20. The first-order chi connectivity index (χ1) is 7.16. The Morgan fingerprint density at radius 1 is 1.67 bits per heavy atom. The van der Waals surface area contributed by atoms with Gasteiger partial charge in [-0.1, -0.05) is 0 Å². The fourth-order valence-corrected chi connectivity index (χ4v) is 2.35. The van der Waals surface area contributed by atoms with Crippen LogP contribution in [0.5, 0.6) is 0 Å². The Balaban J connectivity index is 2.00. The predicted molar refractivity (Wildman–Crippen MR) is 55.5 cm³/mol. The number of amides is 1. The first-order valence-corrected chi connectivity index (χ1v) is 5.63. The standard InChI is InChI=1S/C10H11NO3S/c12-9-3-8(10(13)14)5-11(9)4-7-1-2-15-6-7/h1-2,6,8H,3-5H2,(H,13,14). The summed E-state index contributed by atoms with van der Waals surface area (Å²) in [6.45, 7) is 0.871. The summed E-state index contributed by atoms with van der Waals surface area (Å²) in [5.41, 5.74) is 1.07. The van der Waals surface area contributed by atoms with Gasteiger partial charge in [0.15, 0.2) is 0 Å². The van der Waals surface area contributed by atoms with Crippen LogP contribution in [0, 0.1) is 5.92 Å². The third-order valence-corrected chi connectivity index (χ3v) is 3.25. The van der Waals surface area contributed by atoms with Gasteiger partial charge in [-0.2, -0.15) is 11.3 Å². The van der Waals surface area contributed by atoms with E-state index in [0.29, 0.717) is 13.1 Å². The number of hydrogen-bond acceptors (Lipinski definition) is 3. The molecule has 15 heavy (non-hydrogen) atoms. The van der Waals surface area contributed by atoms with Crippen LogP contribution in [0.2, 0.25) is 0 Å². The van der Waals surface area contributed by atoms with Gasteiger partial charge in [-0.15, -0.1) is 0 Å². The molecule has 0 spiro atoms. The Bertz CT molecular complexity index is 374. The van der Waals surface area contributed by atoms with Gasteiger partial charge >= 0.3 is 5.97 Å². The van der Waals surface area contributed by atoms with Crippen molar-refractivity contribution >= 4 is 23.2 Å². The van der Waals surface area contributed by atoms with E-state index >= 15 is 0 Å². The lowest BCUT2D eigenvalue weighted by Crippen LogP contribution is -2.25. The average molecular weight is 225 g/mol. The maximum absolute atomic E-state index is 11.5. The zero-order valence-electron chi connectivity index (χ0n) is 8.05. The van der Waals surface area contributed by atoms with Crippen molar-refractivity contribution in [3.8, 4) is 0 Å². The molecule has 80 valence electrons. The maximum Gasteiger partial charge on any atom is 0.308 e. The molecule has 0 aromatic carbocycles. The number of nitrogens with zero attached hydrogens (tertiary/aromatic N) is 1. The van der Waals surface area contributed by atoms with E-state index in [4.69, 9.17) is 5.11 Å². The third kappa shape index (κ3) is 2.18. The molecule has 1 fully saturated rings. The van der Waals surface area contributed by atoms with E-state index < -0.39 is 11.9 Å². The van der Waals surface area contributed by atoms with Crippen LogP contribution in [0.15, 0.2) is 16.8 Å². The minimum atomic E-state index is -0.879. The molecule has 1 aromatic rings. The summed E-state index contributed by atoms with van der Waals surface area (Å²) in [4.78, 5) is 23.8. The molecule has 0 saturated carbocycles. The van der Waals surface area contributed by atoms with Crippen LogP contribution >= 0.6 is 11.3 Å². The highest BCUT2D eigenvalue weighted by Gasteiger charge is 2.33. The van der Waals surface area contributed by atoms with Gasteiger partial charge in [0, 0.05) is 19.5 Å². The number of carboxylic acid groups (broad SMARTS) is 1. The van der Waals surface area contributed by atoms with Gasteiger partial charge in [-0.3, -0.25) is 9.59 Å². The lowest BCUT2D eigenvalue weighted by atomic mass is 10.1. The number of carbonyl (C=O) groups is 2. The van der Waals surface area contributed by atoms with E-state index in [0.717, 1.165) is 5.56 Å². The number of rotatable bonds is 3. The molecule has 1 unspecified atom stereocenters. The van der Waals surface area contributed by atoms with Crippen molar-refractivity contribution in [3.63, 3.8) is 0 Å². The topological polar surface area (TPSA) is 57.6 Å². The second kappa shape index (κ2) is 4.02. The van der Waals surface area contributed by atoms with Crippen molar-refractivity contribution in [1.29, 1.82) is 0 Å². The highest BCUT2D eigenvalue weighted by molar-refractivity contribution is 7.07. The maximum atomic E-state index is 11.5. The second-order valence-corrected chi connectivity index (χ2v) is 4.43. The molecule has 0 bridgehead atoms. The van der Waals surface area contributed by atoms with Gasteiger partial charge in [-0.05, 0) is 22.4 Å². The molecule has 1 atom stereocenters. The summed E-state index contributed by atoms with van der Waals surface area (Å²) in [5, 5.41) is 12.7. The molecule has 2 heterocycles. The van der Waals surface area contributed by atoms with Crippen LogP contribution < -0.4 is 0 Å². The summed E-state index contributed by atoms with van der Waals surface area (Å²) >= 11 is 1.58. The number of hydrogen-bond donors (Lipinski definition) is 1. The summed E-state index contributed by atoms with van der Waals surface area (Å²) < 4.78 is 0. The predicted octanol–water partition coefficient (Wildman–Crippen LogP) is 1.18. The van der Waals surface area contributed by atoms with Crippen molar-refractivity contribution in [2.45, 2.75) is 13.0 Å². The third-order valence-electron chi connectivity index (χ3n) is 2.52. The van der Waals surface area contributed by atoms with Gasteiger partial charge in [0.25, 0.3) is 0 Å². The molecule has 1 N–H and O–H groups in total. The van der Waals surface area contributed by atoms with Crippen LogP contribution in [0.1, 0.15) is 12.0 Å². The highest BCUT2D eigenvalue weighted by atomic mass is 32.1.